The number of allylic oxidation sites excluding steroid dienone is 1. The van der Waals surface area contributed by atoms with Crippen molar-refractivity contribution in [1.29, 1.82) is 5.26 Å². The van der Waals surface area contributed by atoms with Crippen LogP contribution in [0.2, 0.25) is 10.0 Å². The molecule has 0 saturated heterocycles. The standard InChI is InChI=1S/C43H24Cl2N2O/c44-34-17-16-25(22-46)41(45)42(34)47-35-14-7-12-28-39-27-11-3-5-13-31(27)43(40(28)35,32-19-24-9-2-1-8-23(24)18-30(32)39)33-21-38-29(20-36(33)47)26-10-4-6-15-37(26)48-38/h1-20,33,39H,21H2. The predicted molar refractivity (Wildman–Crippen MR) is 192 cm³/mol. The molecule has 3 atom stereocenters. The van der Waals surface area contributed by atoms with E-state index in [1.165, 1.54) is 44.2 Å². The minimum Gasteiger partial charge on any atom is -0.460 e. The number of hydrogen-bond donors (Lipinski definition) is 0. The summed E-state index contributed by atoms with van der Waals surface area (Å²) in [5.41, 5.74) is 12.6. The van der Waals surface area contributed by atoms with Crippen molar-refractivity contribution in [2.24, 2.45) is 5.92 Å². The lowest BCUT2D eigenvalue weighted by atomic mass is 9.46. The molecule has 5 heteroatoms. The number of nitriles is 1. The highest BCUT2D eigenvalue weighted by molar-refractivity contribution is 6.40. The van der Waals surface area contributed by atoms with E-state index in [9.17, 15) is 5.26 Å². The molecule has 226 valence electrons. The lowest BCUT2D eigenvalue weighted by molar-refractivity contribution is 0.353. The lowest BCUT2D eigenvalue weighted by Crippen LogP contribution is -2.54. The van der Waals surface area contributed by atoms with E-state index in [4.69, 9.17) is 27.6 Å². The molecule has 2 bridgehead atoms. The number of rotatable bonds is 1. The molecule has 7 aromatic rings. The highest BCUT2D eigenvalue weighted by atomic mass is 35.5. The van der Waals surface area contributed by atoms with Gasteiger partial charge in [-0.1, -0.05) is 102 Å². The number of nitrogens with zero attached hydrogens (tertiary/aromatic N) is 2. The first-order chi connectivity index (χ1) is 23.6. The van der Waals surface area contributed by atoms with Crippen LogP contribution in [0.3, 0.4) is 0 Å². The zero-order chi connectivity index (χ0) is 31.9. The number of furan rings is 1. The van der Waals surface area contributed by atoms with Gasteiger partial charge in [-0.2, -0.15) is 5.26 Å². The summed E-state index contributed by atoms with van der Waals surface area (Å²) in [5, 5.41) is 14.5. The van der Waals surface area contributed by atoms with Crippen molar-refractivity contribution >= 4 is 62.4 Å². The van der Waals surface area contributed by atoms with Gasteiger partial charge >= 0.3 is 0 Å². The van der Waals surface area contributed by atoms with Crippen LogP contribution in [-0.2, 0) is 11.8 Å². The van der Waals surface area contributed by atoms with Crippen LogP contribution in [0, 0.1) is 17.2 Å². The summed E-state index contributed by atoms with van der Waals surface area (Å²) in [4.78, 5) is 2.26. The van der Waals surface area contributed by atoms with E-state index >= 15 is 0 Å². The first-order valence-electron chi connectivity index (χ1n) is 16.3. The third-order valence-electron chi connectivity index (χ3n) is 11.3. The third-order valence-corrected chi connectivity index (χ3v) is 12.0. The molecule has 0 amide bonds. The number of anilines is 2. The van der Waals surface area contributed by atoms with Crippen molar-refractivity contribution in [3.8, 4) is 6.07 Å². The Kier molecular flexibility index (Phi) is 5.13. The van der Waals surface area contributed by atoms with Crippen LogP contribution in [0.15, 0.2) is 125 Å². The van der Waals surface area contributed by atoms with E-state index in [1.807, 2.05) is 12.1 Å². The van der Waals surface area contributed by atoms with Crippen molar-refractivity contribution in [2.75, 3.05) is 4.90 Å². The Morgan fingerprint density at radius 3 is 2.42 bits per heavy atom. The Labute approximate surface area is 286 Å². The largest absolute Gasteiger partial charge is 0.460 e. The average molecular weight is 656 g/mol. The Morgan fingerprint density at radius 2 is 1.54 bits per heavy atom. The molecule has 1 aliphatic heterocycles. The molecule has 3 unspecified atom stereocenters. The summed E-state index contributed by atoms with van der Waals surface area (Å²) in [6.07, 6.45) is 2.98. The normalized spacial score (nSPS) is 20.8. The first-order valence-corrected chi connectivity index (χ1v) is 17.0. The molecule has 4 aliphatic carbocycles. The first kappa shape index (κ1) is 26.8. The second-order valence-electron chi connectivity index (χ2n) is 13.3. The summed E-state index contributed by atoms with van der Waals surface area (Å²) in [6.45, 7) is 0. The molecule has 2 heterocycles. The van der Waals surface area contributed by atoms with Gasteiger partial charge in [-0.05, 0) is 86.6 Å². The van der Waals surface area contributed by atoms with Crippen LogP contribution in [0.25, 0.3) is 27.8 Å². The second kappa shape index (κ2) is 9.20. The van der Waals surface area contributed by atoms with Gasteiger partial charge in [0.25, 0.3) is 0 Å². The summed E-state index contributed by atoms with van der Waals surface area (Å²) >= 11 is 14.3. The van der Waals surface area contributed by atoms with Crippen molar-refractivity contribution in [3.63, 3.8) is 0 Å². The maximum atomic E-state index is 10.1. The number of fused-ring (bicyclic) bond motifs is 5. The smallest absolute Gasteiger partial charge is 0.134 e. The maximum absolute atomic E-state index is 10.1. The van der Waals surface area contributed by atoms with Gasteiger partial charge in [0.1, 0.15) is 17.4 Å². The molecule has 0 saturated carbocycles. The van der Waals surface area contributed by atoms with E-state index in [2.05, 4.69) is 108 Å². The van der Waals surface area contributed by atoms with Crippen LogP contribution < -0.4 is 4.90 Å². The fraction of sp³-hybridized carbons (Fsp3) is 0.0930. The van der Waals surface area contributed by atoms with Crippen molar-refractivity contribution < 1.29 is 4.42 Å². The fourth-order valence-electron chi connectivity index (χ4n) is 9.61. The molecule has 0 fully saturated rings. The van der Waals surface area contributed by atoms with E-state index in [-0.39, 0.29) is 11.8 Å². The minimum atomic E-state index is -0.512. The monoisotopic (exact) mass is 654 g/mol. The van der Waals surface area contributed by atoms with Gasteiger partial charge in [-0.3, -0.25) is 0 Å². The van der Waals surface area contributed by atoms with Gasteiger partial charge in [0.05, 0.1) is 32.4 Å². The van der Waals surface area contributed by atoms with E-state index in [0.717, 1.165) is 33.7 Å². The SMILES string of the molecule is N#Cc1ccc(Cl)c(N2C3=Cc4c(oc5ccccc45)CC3C34c5ccccc5C(c5cc6ccccc6cc53)c3cccc2c34)c1Cl. The van der Waals surface area contributed by atoms with Crippen molar-refractivity contribution in [2.45, 2.75) is 17.8 Å². The third kappa shape index (κ3) is 3.07. The lowest BCUT2D eigenvalue weighted by Gasteiger charge is -2.60. The zero-order valence-electron chi connectivity index (χ0n) is 25.5. The highest BCUT2D eigenvalue weighted by Gasteiger charge is 2.61. The number of para-hydroxylation sites is 1. The average Bonchev–Trinajstić information content (AvgIpc) is 3.49. The van der Waals surface area contributed by atoms with E-state index in [0.29, 0.717) is 27.7 Å². The molecule has 12 rings (SSSR count). The molecule has 3 nitrogen and oxygen atoms in total. The number of halogens is 2. The Balaban J connectivity index is 1.34. The fourth-order valence-corrected chi connectivity index (χ4v) is 10.2. The van der Waals surface area contributed by atoms with E-state index in [1.54, 1.807) is 12.1 Å². The molecule has 1 spiro atoms. The number of benzene rings is 6. The molecule has 5 aliphatic rings. The molecule has 1 aromatic heterocycles. The molecule has 0 radical (unpaired) electrons. The minimum absolute atomic E-state index is 0.0700. The highest BCUT2D eigenvalue weighted by Crippen LogP contribution is 2.70. The van der Waals surface area contributed by atoms with Crippen LogP contribution in [0.5, 0.6) is 0 Å². The van der Waals surface area contributed by atoms with Gasteiger partial charge in [-0.25, -0.2) is 0 Å². The van der Waals surface area contributed by atoms with Crippen molar-refractivity contribution in [1.82, 2.24) is 0 Å². The predicted octanol–water partition coefficient (Wildman–Crippen LogP) is 11.3. The maximum Gasteiger partial charge on any atom is 0.134 e. The van der Waals surface area contributed by atoms with Crippen LogP contribution >= 0.6 is 23.2 Å². The summed E-state index contributed by atoms with van der Waals surface area (Å²) in [6, 6.07) is 43.3. The number of hydrogen-bond acceptors (Lipinski definition) is 3. The van der Waals surface area contributed by atoms with Crippen LogP contribution in [0.1, 0.15) is 56.2 Å². The molecule has 48 heavy (non-hydrogen) atoms. The summed E-state index contributed by atoms with van der Waals surface area (Å²) in [5.74, 6) is 0.988. The van der Waals surface area contributed by atoms with Crippen LogP contribution in [0.4, 0.5) is 11.4 Å². The second-order valence-corrected chi connectivity index (χ2v) is 14.1. The van der Waals surface area contributed by atoms with Gasteiger partial charge in [0.2, 0.25) is 0 Å². The van der Waals surface area contributed by atoms with Crippen molar-refractivity contribution in [3.05, 3.63) is 181 Å². The van der Waals surface area contributed by atoms with Gasteiger partial charge in [0.15, 0.2) is 0 Å². The Hall–Kier alpha value is -5.27. The van der Waals surface area contributed by atoms with Gasteiger partial charge in [0, 0.05) is 34.9 Å². The summed E-state index contributed by atoms with van der Waals surface area (Å²) < 4.78 is 6.68. The zero-order valence-corrected chi connectivity index (χ0v) is 27.0. The quantitative estimate of drug-likeness (QED) is 0.177. The molecule has 0 N–H and O–H groups in total. The van der Waals surface area contributed by atoms with Gasteiger partial charge < -0.3 is 9.32 Å². The molecule has 6 aromatic carbocycles. The summed E-state index contributed by atoms with van der Waals surface area (Å²) in [7, 11) is 0. The molecular formula is C43H24Cl2N2O. The van der Waals surface area contributed by atoms with E-state index < -0.39 is 5.41 Å². The topological polar surface area (TPSA) is 40.2 Å². The van der Waals surface area contributed by atoms with Crippen LogP contribution in [-0.4, -0.2) is 0 Å². The Morgan fingerprint density at radius 1 is 0.771 bits per heavy atom. The van der Waals surface area contributed by atoms with Gasteiger partial charge in [-0.15, -0.1) is 0 Å². The Bertz CT molecular complexity index is 2680. The molecular weight excluding hydrogens is 631 g/mol.